The van der Waals surface area contributed by atoms with Crippen LogP contribution in [0.15, 0.2) is 18.3 Å². The van der Waals surface area contributed by atoms with E-state index in [9.17, 15) is 4.79 Å². The van der Waals surface area contributed by atoms with Gasteiger partial charge in [-0.15, -0.1) is 0 Å². The maximum absolute atomic E-state index is 12.1. The van der Waals surface area contributed by atoms with Gasteiger partial charge in [0.15, 0.2) is 5.65 Å². The van der Waals surface area contributed by atoms with Crippen molar-refractivity contribution in [3.8, 4) is 0 Å². The third-order valence-electron chi connectivity index (χ3n) is 4.05. The van der Waals surface area contributed by atoms with Gasteiger partial charge in [-0.3, -0.25) is 14.8 Å². The lowest BCUT2D eigenvalue weighted by molar-refractivity contribution is -0.122. The third kappa shape index (κ3) is 3.61. The van der Waals surface area contributed by atoms with E-state index in [1.807, 2.05) is 12.1 Å². The second-order valence-corrected chi connectivity index (χ2v) is 5.79. The maximum Gasteiger partial charge on any atom is 0.234 e. The highest BCUT2D eigenvalue weighted by Crippen LogP contribution is 2.12. The molecule has 0 aromatic carbocycles. The normalized spacial score (nSPS) is 17.5. The van der Waals surface area contributed by atoms with Gasteiger partial charge < -0.3 is 10.2 Å². The van der Waals surface area contributed by atoms with E-state index in [0.717, 1.165) is 43.7 Å². The zero-order valence-corrected chi connectivity index (χ0v) is 12.9. The number of hydrogen-bond acceptors (Lipinski definition) is 5. The molecule has 7 heteroatoms. The lowest BCUT2D eigenvalue weighted by Gasteiger charge is -2.19. The van der Waals surface area contributed by atoms with Gasteiger partial charge in [0.2, 0.25) is 5.91 Å². The smallest absolute Gasteiger partial charge is 0.234 e. The minimum Gasteiger partial charge on any atom is -0.349 e. The van der Waals surface area contributed by atoms with Gasteiger partial charge in [-0.1, -0.05) is 0 Å². The fraction of sp³-hybridized carbons (Fsp3) is 0.533. The van der Waals surface area contributed by atoms with Crippen LogP contribution in [-0.2, 0) is 11.3 Å². The molecule has 118 valence electrons. The summed E-state index contributed by atoms with van der Waals surface area (Å²) in [5, 5.41) is 11.0. The molecule has 0 unspecified atom stereocenters. The quantitative estimate of drug-likeness (QED) is 0.844. The Kier molecular flexibility index (Phi) is 4.65. The van der Waals surface area contributed by atoms with Crippen molar-refractivity contribution >= 4 is 16.9 Å². The number of aromatic nitrogens is 3. The molecule has 3 rings (SSSR count). The largest absolute Gasteiger partial charge is 0.349 e. The highest BCUT2D eigenvalue weighted by Gasteiger charge is 2.15. The number of likely N-dealkylation sites (N-methyl/N-ethyl adjacent to an activating group) is 1. The Balaban J connectivity index is 1.52. The van der Waals surface area contributed by atoms with Crippen LogP contribution in [-0.4, -0.2) is 70.7 Å². The van der Waals surface area contributed by atoms with Crippen LogP contribution in [0.5, 0.6) is 0 Å². The standard InChI is InChI=1S/C15H22N6O/c1-20-6-3-7-21(9-8-20)11-14(22)17-10-13-12-4-2-5-16-15(12)19-18-13/h2,4-5H,3,6-11H2,1H3,(H,17,22)(H,16,18,19). The highest BCUT2D eigenvalue weighted by atomic mass is 16.2. The average molecular weight is 302 g/mol. The Morgan fingerprint density at radius 2 is 2.27 bits per heavy atom. The van der Waals surface area contributed by atoms with Crippen LogP contribution in [0.3, 0.4) is 0 Å². The molecule has 1 aliphatic heterocycles. The first-order valence-corrected chi connectivity index (χ1v) is 7.68. The second-order valence-electron chi connectivity index (χ2n) is 5.79. The molecular formula is C15H22N6O. The van der Waals surface area contributed by atoms with E-state index in [2.05, 4.69) is 37.3 Å². The van der Waals surface area contributed by atoms with Crippen molar-refractivity contribution in [2.75, 3.05) is 39.8 Å². The van der Waals surface area contributed by atoms with E-state index in [4.69, 9.17) is 0 Å². The Hall–Kier alpha value is -1.99. The summed E-state index contributed by atoms with van der Waals surface area (Å²) in [7, 11) is 2.13. The predicted molar refractivity (Wildman–Crippen MR) is 84.3 cm³/mol. The molecule has 7 nitrogen and oxygen atoms in total. The van der Waals surface area contributed by atoms with Crippen LogP contribution in [0.4, 0.5) is 0 Å². The molecule has 22 heavy (non-hydrogen) atoms. The van der Waals surface area contributed by atoms with Crippen molar-refractivity contribution in [3.05, 3.63) is 24.0 Å². The fourth-order valence-corrected chi connectivity index (χ4v) is 2.74. The molecule has 0 radical (unpaired) electrons. The molecule has 1 saturated heterocycles. The summed E-state index contributed by atoms with van der Waals surface area (Å²) in [5.74, 6) is 0.0520. The number of amides is 1. The molecule has 0 spiro atoms. The van der Waals surface area contributed by atoms with Crippen LogP contribution >= 0.6 is 0 Å². The van der Waals surface area contributed by atoms with Crippen LogP contribution in [0, 0.1) is 0 Å². The van der Waals surface area contributed by atoms with Crippen LogP contribution in [0.1, 0.15) is 12.1 Å². The first-order valence-electron chi connectivity index (χ1n) is 7.68. The third-order valence-corrected chi connectivity index (χ3v) is 4.05. The van der Waals surface area contributed by atoms with Gasteiger partial charge in [-0.25, -0.2) is 4.98 Å². The number of carbonyl (C=O) groups excluding carboxylic acids is 1. The summed E-state index contributed by atoms with van der Waals surface area (Å²) in [5.41, 5.74) is 1.58. The predicted octanol–water partition coefficient (Wildman–Crippen LogP) is 0.212. The Morgan fingerprint density at radius 1 is 1.36 bits per heavy atom. The number of aromatic amines is 1. The monoisotopic (exact) mass is 302 g/mol. The van der Waals surface area contributed by atoms with Gasteiger partial charge >= 0.3 is 0 Å². The molecule has 0 atom stereocenters. The zero-order valence-electron chi connectivity index (χ0n) is 12.9. The summed E-state index contributed by atoms with van der Waals surface area (Å²) >= 11 is 0. The number of rotatable bonds is 4. The topological polar surface area (TPSA) is 77.1 Å². The van der Waals surface area contributed by atoms with Crippen molar-refractivity contribution in [2.24, 2.45) is 0 Å². The van der Waals surface area contributed by atoms with Crippen molar-refractivity contribution < 1.29 is 4.79 Å². The number of nitrogens with one attached hydrogen (secondary N) is 2. The van der Waals surface area contributed by atoms with E-state index in [-0.39, 0.29) is 5.91 Å². The number of carbonyl (C=O) groups is 1. The molecule has 0 saturated carbocycles. The van der Waals surface area contributed by atoms with Crippen LogP contribution in [0.25, 0.3) is 11.0 Å². The zero-order chi connectivity index (χ0) is 15.4. The number of pyridine rings is 1. The molecule has 0 aliphatic carbocycles. The van der Waals surface area contributed by atoms with Crippen molar-refractivity contribution in [1.82, 2.24) is 30.3 Å². The number of H-pyrrole nitrogens is 1. The molecule has 2 N–H and O–H groups in total. The molecule has 2 aromatic rings. The van der Waals surface area contributed by atoms with Gasteiger partial charge in [0.1, 0.15) is 0 Å². The summed E-state index contributed by atoms with van der Waals surface area (Å²) in [6.07, 6.45) is 2.82. The van der Waals surface area contributed by atoms with E-state index in [1.54, 1.807) is 6.20 Å². The Labute approximate surface area is 129 Å². The van der Waals surface area contributed by atoms with Crippen LogP contribution < -0.4 is 5.32 Å². The van der Waals surface area contributed by atoms with Crippen LogP contribution in [0.2, 0.25) is 0 Å². The fourth-order valence-electron chi connectivity index (χ4n) is 2.74. The molecule has 1 amide bonds. The Bertz CT molecular complexity index is 640. The average Bonchev–Trinajstić information content (AvgIpc) is 2.83. The SMILES string of the molecule is CN1CCCN(CC(=O)NCc2[nH]nc3ncccc23)CC1. The molecule has 0 bridgehead atoms. The van der Waals surface area contributed by atoms with E-state index < -0.39 is 0 Å². The lowest BCUT2D eigenvalue weighted by Crippen LogP contribution is -2.38. The summed E-state index contributed by atoms with van der Waals surface area (Å²) in [6, 6.07) is 3.83. The van der Waals surface area contributed by atoms with Gasteiger partial charge in [0.05, 0.1) is 18.8 Å². The number of fused-ring (bicyclic) bond motifs is 1. The molecule has 1 aliphatic rings. The first-order chi connectivity index (χ1) is 10.7. The highest BCUT2D eigenvalue weighted by molar-refractivity contribution is 5.80. The van der Waals surface area contributed by atoms with Gasteiger partial charge in [0, 0.05) is 24.7 Å². The summed E-state index contributed by atoms with van der Waals surface area (Å²) in [6.45, 7) is 4.96. The van der Waals surface area contributed by atoms with Crippen molar-refractivity contribution in [1.29, 1.82) is 0 Å². The Morgan fingerprint density at radius 3 is 3.18 bits per heavy atom. The van der Waals surface area contributed by atoms with Crippen molar-refractivity contribution in [3.63, 3.8) is 0 Å². The van der Waals surface area contributed by atoms with Gasteiger partial charge in [-0.05, 0) is 38.7 Å². The van der Waals surface area contributed by atoms with E-state index in [1.165, 1.54) is 0 Å². The minimum absolute atomic E-state index is 0.0520. The first kappa shape index (κ1) is 14.9. The van der Waals surface area contributed by atoms with Gasteiger partial charge in [-0.2, -0.15) is 5.10 Å². The molecule has 1 fully saturated rings. The number of nitrogens with zero attached hydrogens (tertiary/aromatic N) is 4. The second kappa shape index (κ2) is 6.85. The lowest BCUT2D eigenvalue weighted by atomic mass is 10.2. The summed E-state index contributed by atoms with van der Waals surface area (Å²) in [4.78, 5) is 20.8. The van der Waals surface area contributed by atoms with Gasteiger partial charge in [0.25, 0.3) is 0 Å². The minimum atomic E-state index is 0.0520. The molecule has 3 heterocycles. The molecular weight excluding hydrogens is 280 g/mol. The van der Waals surface area contributed by atoms with Crippen molar-refractivity contribution in [2.45, 2.75) is 13.0 Å². The van der Waals surface area contributed by atoms with E-state index in [0.29, 0.717) is 18.7 Å². The van der Waals surface area contributed by atoms with E-state index >= 15 is 0 Å². The number of hydrogen-bond donors (Lipinski definition) is 2. The molecule has 2 aromatic heterocycles. The maximum atomic E-state index is 12.1. The summed E-state index contributed by atoms with van der Waals surface area (Å²) < 4.78 is 0.